The summed E-state index contributed by atoms with van der Waals surface area (Å²) in [5, 5.41) is 0. The van der Waals surface area contributed by atoms with Crippen LogP contribution < -0.4 is 5.73 Å². The van der Waals surface area contributed by atoms with Crippen molar-refractivity contribution in [3.8, 4) is 0 Å². The van der Waals surface area contributed by atoms with Gasteiger partial charge in [-0.2, -0.15) is 0 Å². The van der Waals surface area contributed by atoms with Crippen molar-refractivity contribution >= 4 is 52.5 Å². The van der Waals surface area contributed by atoms with Gasteiger partial charge in [0.25, 0.3) is 11.8 Å². The fraction of sp³-hybridized carbons (Fsp3) is 0.150. The van der Waals surface area contributed by atoms with Gasteiger partial charge < -0.3 is 10.5 Å². The lowest BCUT2D eigenvalue weighted by Gasteiger charge is -2.13. The normalized spacial score (nSPS) is 12.7. The van der Waals surface area contributed by atoms with Crippen molar-refractivity contribution in [2.24, 2.45) is 5.73 Å². The molecule has 0 fully saturated rings. The van der Waals surface area contributed by atoms with Crippen LogP contribution in [0.15, 0.2) is 47.4 Å². The quantitative estimate of drug-likeness (QED) is 0.235. The van der Waals surface area contributed by atoms with Crippen molar-refractivity contribution in [1.82, 2.24) is 4.90 Å². The highest BCUT2D eigenvalue weighted by Gasteiger charge is 2.37. The van der Waals surface area contributed by atoms with Gasteiger partial charge in [0, 0.05) is 16.0 Å². The number of thiocarbonyl (C=S) groups is 1. The Morgan fingerprint density at radius 2 is 1.66 bits per heavy atom. The number of carbonyl (C=O) groups excluding carboxylic acids is 4. The Kier molecular flexibility index (Phi) is 6.09. The van der Waals surface area contributed by atoms with Gasteiger partial charge in [0.2, 0.25) is 0 Å². The van der Waals surface area contributed by atoms with Crippen LogP contribution in [0.1, 0.15) is 36.6 Å². The lowest BCUT2D eigenvalue weighted by molar-refractivity contribution is -0.137. The van der Waals surface area contributed by atoms with Gasteiger partial charge in [0.1, 0.15) is 4.99 Å². The minimum atomic E-state index is -0.554. The van der Waals surface area contributed by atoms with E-state index in [9.17, 15) is 19.2 Å². The Labute approximate surface area is 176 Å². The molecule has 0 aliphatic carbocycles. The molecular weight excluding hydrogens is 412 g/mol. The maximum Gasteiger partial charge on any atom is 0.315 e. The largest absolute Gasteiger partial charge is 0.468 e. The molecule has 29 heavy (non-hydrogen) atoms. The average molecular weight is 428 g/mol. The monoisotopic (exact) mass is 428 g/mol. The van der Waals surface area contributed by atoms with E-state index in [0.29, 0.717) is 11.1 Å². The fourth-order valence-corrected chi connectivity index (χ4v) is 3.62. The molecule has 2 amide bonds. The second-order valence-electron chi connectivity index (χ2n) is 6.13. The van der Waals surface area contributed by atoms with Gasteiger partial charge >= 0.3 is 5.97 Å². The predicted molar refractivity (Wildman–Crippen MR) is 111 cm³/mol. The average Bonchev–Trinajstić information content (AvgIpc) is 2.96. The number of imide groups is 1. The zero-order valence-electron chi connectivity index (χ0n) is 15.3. The molecule has 0 saturated heterocycles. The standard InChI is InChI=1S/C20H16N2O5S2/c1-27-17(24)10-29-13-5-2-11(3-6-13)16(23)9-22-19(25)14-7-4-12(18(21)28)8-15(14)20(22)26/h2-8H,9-10H2,1H3,(H2,21,28). The molecule has 0 saturated carbocycles. The first-order chi connectivity index (χ1) is 13.8. The van der Waals surface area contributed by atoms with Crippen LogP contribution in [-0.4, -0.2) is 52.9 Å². The van der Waals surface area contributed by atoms with Crippen LogP contribution in [0.5, 0.6) is 0 Å². The minimum Gasteiger partial charge on any atom is -0.468 e. The van der Waals surface area contributed by atoms with E-state index in [-0.39, 0.29) is 40.2 Å². The third-order valence-corrected chi connectivity index (χ3v) is 5.54. The van der Waals surface area contributed by atoms with Crippen molar-refractivity contribution in [2.45, 2.75) is 4.90 Å². The first-order valence-electron chi connectivity index (χ1n) is 8.44. The Balaban J connectivity index is 1.70. The van der Waals surface area contributed by atoms with E-state index in [4.69, 9.17) is 18.0 Å². The molecule has 0 aromatic heterocycles. The van der Waals surface area contributed by atoms with Gasteiger partial charge in [0.05, 0.1) is 30.5 Å². The minimum absolute atomic E-state index is 0.118. The van der Waals surface area contributed by atoms with E-state index in [1.807, 2.05) is 0 Å². The molecular formula is C20H16N2O5S2. The topological polar surface area (TPSA) is 107 Å². The van der Waals surface area contributed by atoms with Crippen molar-refractivity contribution in [3.63, 3.8) is 0 Å². The van der Waals surface area contributed by atoms with E-state index >= 15 is 0 Å². The molecule has 9 heteroatoms. The number of Topliss-reactive ketones (excluding diaryl/α,β-unsaturated/α-hetero) is 1. The number of benzene rings is 2. The Morgan fingerprint density at radius 1 is 1.03 bits per heavy atom. The van der Waals surface area contributed by atoms with Crippen molar-refractivity contribution in [3.05, 3.63) is 64.7 Å². The number of thioether (sulfide) groups is 1. The highest BCUT2D eigenvalue weighted by molar-refractivity contribution is 8.00. The molecule has 148 valence electrons. The Morgan fingerprint density at radius 3 is 2.28 bits per heavy atom. The summed E-state index contributed by atoms with van der Waals surface area (Å²) >= 11 is 6.18. The summed E-state index contributed by atoms with van der Waals surface area (Å²) in [7, 11) is 1.31. The van der Waals surface area contributed by atoms with Crippen LogP contribution in [-0.2, 0) is 9.53 Å². The van der Waals surface area contributed by atoms with Crippen molar-refractivity contribution < 1.29 is 23.9 Å². The molecule has 0 bridgehead atoms. The molecule has 3 rings (SSSR count). The number of fused-ring (bicyclic) bond motifs is 1. The number of ether oxygens (including phenoxy) is 1. The van der Waals surface area contributed by atoms with E-state index in [1.54, 1.807) is 30.3 Å². The van der Waals surface area contributed by atoms with Crippen molar-refractivity contribution in [1.29, 1.82) is 0 Å². The predicted octanol–water partition coefficient (Wildman–Crippen LogP) is 2.06. The molecule has 1 heterocycles. The lowest BCUT2D eigenvalue weighted by atomic mass is 10.1. The van der Waals surface area contributed by atoms with Gasteiger partial charge in [0.15, 0.2) is 5.78 Å². The summed E-state index contributed by atoms with van der Waals surface area (Å²) in [4.78, 5) is 50.7. The summed E-state index contributed by atoms with van der Waals surface area (Å²) in [6, 6.07) is 11.1. The highest BCUT2D eigenvalue weighted by atomic mass is 32.2. The number of esters is 1. The molecule has 0 atom stereocenters. The summed E-state index contributed by atoms with van der Waals surface area (Å²) in [5.41, 5.74) is 6.81. The van der Waals surface area contributed by atoms with Gasteiger partial charge in [-0.15, -0.1) is 11.8 Å². The molecule has 0 spiro atoms. The third-order valence-electron chi connectivity index (χ3n) is 4.32. The van der Waals surface area contributed by atoms with E-state index in [0.717, 1.165) is 9.80 Å². The van der Waals surface area contributed by atoms with Crippen LogP contribution in [0, 0.1) is 0 Å². The zero-order chi connectivity index (χ0) is 21.1. The fourth-order valence-electron chi connectivity index (χ4n) is 2.76. The summed E-state index contributed by atoms with van der Waals surface area (Å²) in [6.45, 7) is -0.372. The maximum absolute atomic E-state index is 12.6. The summed E-state index contributed by atoms with van der Waals surface area (Å²) in [6.07, 6.45) is 0. The van der Waals surface area contributed by atoms with Gasteiger partial charge in [-0.1, -0.05) is 30.4 Å². The number of amides is 2. The van der Waals surface area contributed by atoms with E-state index in [2.05, 4.69) is 4.74 Å². The van der Waals surface area contributed by atoms with Gasteiger partial charge in [-0.05, 0) is 24.3 Å². The van der Waals surface area contributed by atoms with Crippen LogP contribution in [0.25, 0.3) is 0 Å². The van der Waals surface area contributed by atoms with Crippen LogP contribution >= 0.6 is 24.0 Å². The Bertz CT molecular complexity index is 1030. The smallest absolute Gasteiger partial charge is 0.315 e. The number of ketones is 1. The highest BCUT2D eigenvalue weighted by Crippen LogP contribution is 2.25. The first-order valence-corrected chi connectivity index (χ1v) is 9.84. The number of nitrogens with zero attached hydrogens (tertiary/aromatic N) is 1. The second-order valence-corrected chi connectivity index (χ2v) is 7.62. The molecule has 1 aliphatic heterocycles. The van der Waals surface area contributed by atoms with Crippen LogP contribution in [0.2, 0.25) is 0 Å². The van der Waals surface area contributed by atoms with E-state index in [1.165, 1.54) is 31.0 Å². The summed E-state index contributed by atoms with van der Waals surface area (Å²) < 4.78 is 4.58. The second kappa shape index (κ2) is 8.54. The molecule has 0 radical (unpaired) electrons. The molecule has 2 N–H and O–H groups in total. The SMILES string of the molecule is COC(=O)CSc1ccc(C(=O)CN2C(=O)c3ccc(C(N)=S)cc3C2=O)cc1. The van der Waals surface area contributed by atoms with Crippen LogP contribution in [0.4, 0.5) is 0 Å². The number of hydrogen-bond acceptors (Lipinski definition) is 7. The van der Waals surface area contributed by atoms with Gasteiger partial charge in [-0.3, -0.25) is 24.1 Å². The molecule has 1 aliphatic rings. The van der Waals surface area contributed by atoms with E-state index < -0.39 is 11.8 Å². The Hall–Kier alpha value is -3.04. The third kappa shape index (κ3) is 4.36. The molecule has 0 unspecified atom stereocenters. The number of methoxy groups -OCH3 is 1. The molecule has 2 aromatic carbocycles. The molecule has 2 aromatic rings. The maximum atomic E-state index is 12.6. The van der Waals surface area contributed by atoms with Crippen molar-refractivity contribution in [2.75, 3.05) is 19.4 Å². The number of nitrogens with two attached hydrogens (primary N) is 1. The first kappa shape index (κ1) is 20.7. The summed E-state index contributed by atoms with van der Waals surface area (Å²) in [5.74, 6) is -1.65. The zero-order valence-corrected chi connectivity index (χ0v) is 17.0. The van der Waals surface area contributed by atoms with Gasteiger partial charge in [-0.25, -0.2) is 0 Å². The number of carbonyl (C=O) groups is 4. The molecule has 7 nitrogen and oxygen atoms in total. The van der Waals surface area contributed by atoms with Crippen LogP contribution in [0.3, 0.4) is 0 Å². The number of hydrogen-bond donors (Lipinski definition) is 1. The lowest BCUT2D eigenvalue weighted by Crippen LogP contribution is -2.34. The number of rotatable bonds is 7.